The van der Waals surface area contributed by atoms with Crippen molar-refractivity contribution in [3.63, 3.8) is 0 Å². The van der Waals surface area contributed by atoms with Crippen LogP contribution >= 0.6 is 11.3 Å². The molecule has 0 spiro atoms. The fraction of sp³-hybridized carbons (Fsp3) is 0.250. The Hall–Kier alpha value is -2.73. The van der Waals surface area contributed by atoms with Gasteiger partial charge in [0.05, 0.1) is 22.4 Å². The first-order valence-corrected chi connectivity index (χ1v) is 9.15. The molecule has 1 amide bonds. The van der Waals surface area contributed by atoms with Gasteiger partial charge < -0.3 is 9.30 Å². The van der Waals surface area contributed by atoms with Crippen molar-refractivity contribution in [1.29, 1.82) is 0 Å². The molecule has 0 fully saturated rings. The molecule has 0 aliphatic carbocycles. The lowest BCUT2D eigenvalue weighted by Crippen LogP contribution is -2.13. The van der Waals surface area contributed by atoms with Crippen LogP contribution in [0.3, 0.4) is 0 Å². The van der Waals surface area contributed by atoms with Crippen molar-refractivity contribution in [1.82, 2.24) is 4.57 Å². The van der Waals surface area contributed by atoms with Crippen molar-refractivity contribution in [3.8, 4) is 0 Å². The number of amides is 1. The maximum absolute atomic E-state index is 12.6. The molecule has 1 heterocycles. The number of aryl methyl sites for hydroxylation is 3. The van der Waals surface area contributed by atoms with Gasteiger partial charge in [0.15, 0.2) is 4.80 Å². The number of hydrogen-bond acceptors (Lipinski definition) is 4. The van der Waals surface area contributed by atoms with Gasteiger partial charge in [-0.15, -0.1) is 0 Å². The van der Waals surface area contributed by atoms with Crippen LogP contribution in [-0.2, 0) is 11.8 Å². The molecular weight excluding hydrogens is 348 g/mol. The molecule has 134 valence electrons. The van der Waals surface area contributed by atoms with Gasteiger partial charge in [-0.05, 0) is 50.6 Å². The average Bonchev–Trinajstić information content (AvgIpc) is 2.90. The number of benzene rings is 2. The lowest BCUT2D eigenvalue weighted by molar-refractivity contribution is 0.0526. The normalized spacial score (nSPS) is 11.8. The predicted octanol–water partition coefficient (Wildman–Crippen LogP) is 3.77. The van der Waals surface area contributed by atoms with Crippen molar-refractivity contribution in [2.75, 3.05) is 6.61 Å². The Morgan fingerprint density at radius 1 is 1.15 bits per heavy atom. The Balaban J connectivity index is 2.04. The summed E-state index contributed by atoms with van der Waals surface area (Å²) in [6, 6.07) is 11.0. The van der Waals surface area contributed by atoms with Gasteiger partial charge in [0.2, 0.25) is 0 Å². The van der Waals surface area contributed by atoms with E-state index in [9.17, 15) is 9.59 Å². The highest BCUT2D eigenvalue weighted by Gasteiger charge is 2.12. The first-order chi connectivity index (χ1) is 12.4. The smallest absolute Gasteiger partial charge is 0.338 e. The van der Waals surface area contributed by atoms with Crippen LogP contribution in [0.2, 0.25) is 0 Å². The van der Waals surface area contributed by atoms with Crippen molar-refractivity contribution < 1.29 is 14.3 Å². The SMILES string of the molecule is CCOC(=O)c1ccc2c(c1)sc(=NC(=O)c1ccc(C)cc1C)n2C. The third-order valence-corrected chi connectivity index (χ3v) is 5.22. The van der Waals surface area contributed by atoms with Gasteiger partial charge in [-0.25, -0.2) is 4.79 Å². The summed E-state index contributed by atoms with van der Waals surface area (Å²) >= 11 is 1.37. The fourth-order valence-electron chi connectivity index (χ4n) is 2.78. The fourth-order valence-corrected chi connectivity index (χ4v) is 3.84. The summed E-state index contributed by atoms with van der Waals surface area (Å²) in [6.45, 7) is 6.01. The van der Waals surface area contributed by atoms with Gasteiger partial charge in [0.25, 0.3) is 5.91 Å². The topological polar surface area (TPSA) is 60.7 Å². The Morgan fingerprint density at radius 2 is 1.92 bits per heavy atom. The second-order valence-corrected chi connectivity index (χ2v) is 7.09. The molecule has 5 nitrogen and oxygen atoms in total. The Labute approximate surface area is 155 Å². The molecule has 26 heavy (non-hydrogen) atoms. The molecule has 0 aliphatic rings. The van der Waals surface area contributed by atoms with Gasteiger partial charge in [0.1, 0.15) is 0 Å². The number of hydrogen-bond donors (Lipinski definition) is 0. The molecule has 3 aromatic rings. The number of esters is 1. The van der Waals surface area contributed by atoms with Crippen LogP contribution in [-0.4, -0.2) is 23.1 Å². The van der Waals surface area contributed by atoms with E-state index in [0.717, 1.165) is 21.3 Å². The van der Waals surface area contributed by atoms with Crippen LogP contribution in [0.1, 0.15) is 38.8 Å². The molecular formula is C20H20N2O3S. The maximum atomic E-state index is 12.6. The summed E-state index contributed by atoms with van der Waals surface area (Å²) in [5, 5.41) is 0. The Kier molecular flexibility index (Phi) is 5.04. The lowest BCUT2D eigenvalue weighted by Gasteiger charge is -2.02. The quantitative estimate of drug-likeness (QED) is 0.661. The first-order valence-electron chi connectivity index (χ1n) is 8.33. The zero-order chi connectivity index (χ0) is 18.8. The number of fused-ring (bicyclic) bond motifs is 1. The van der Waals surface area contributed by atoms with E-state index in [4.69, 9.17) is 4.74 Å². The predicted molar refractivity (Wildman–Crippen MR) is 103 cm³/mol. The molecule has 0 saturated carbocycles. The van der Waals surface area contributed by atoms with Gasteiger partial charge in [-0.2, -0.15) is 4.99 Å². The molecule has 1 aromatic heterocycles. The molecule has 0 aliphatic heterocycles. The second kappa shape index (κ2) is 7.25. The van der Waals surface area contributed by atoms with Crippen molar-refractivity contribution >= 4 is 33.4 Å². The molecule has 0 radical (unpaired) electrons. The zero-order valence-corrected chi connectivity index (χ0v) is 16.0. The van der Waals surface area contributed by atoms with E-state index in [1.165, 1.54) is 11.3 Å². The summed E-state index contributed by atoms with van der Waals surface area (Å²) in [4.78, 5) is 29.4. The standard InChI is InChI=1S/C20H20N2O3S/c1-5-25-19(24)14-7-9-16-17(11-14)26-20(22(16)4)21-18(23)15-8-6-12(2)10-13(15)3/h6-11H,5H2,1-4H3. The number of rotatable bonds is 3. The van der Waals surface area contributed by atoms with Gasteiger partial charge >= 0.3 is 5.97 Å². The van der Waals surface area contributed by atoms with Crippen molar-refractivity contribution in [2.24, 2.45) is 12.0 Å². The van der Waals surface area contributed by atoms with Crippen LogP contribution < -0.4 is 4.80 Å². The number of ether oxygens (including phenoxy) is 1. The highest BCUT2D eigenvalue weighted by atomic mass is 32.1. The van der Waals surface area contributed by atoms with Crippen molar-refractivity contribution in [2.45, 2.75) is 20.8 Å². The molecule has 0 N–H and O–H groups in total. The number of nitrogens with zero attached hydrogens (tertiary/aromatic N) is 2. The summed E-state index contributed by atoms with van der Waals surface area (Å²) in [7, 11) is 1.86. The molecule has 3 rings (SSSR count). The molecule has 0 bridgehead atoms. The second-order valence-electron chi connectivity index (χ2n) is 6.08. The molecule has 2 aromatic carbocycles. The highest BCUT2D eigenvalue weighted by Crippen LogP contribution is 2.19. The molecule has 0 unspecified atom stereocenters. The van der Waals surface area contributed by atoms with E-state index in [2.05, 4.69) is 4.99 Å². The van der Waals surface area contributed by atoms with Gasteiger partial charge in [-0.3, -0.25) is 4.79 Å². The van der Waals surface area contributed by atoms with Crippen LogP contribution in [0.25, 0.3) is 10.2 Å². The molecule has 0 saturated heterocycles. The van der Waals surface area contributed by atoms with E-state index < -0.39 is 0 Å². The van der Waals surface area contributed by atoms with Crippen LogP contribution in [0.15, 0.2) is 41.4 Å². The lowest BCUT2D eigenvalue weighted by atomic mass is 10.1. The average molecular weight is 368 g/mol. The summed E-state index contributed by atoms with van der Waals surface area (Å²) in [6.07, 6.45) is 0. The third kappa shape index (κ3) is 3.46. The highest BCUT2D eigenvalue weighted by molar-refractivity contribution is 7.16. The maximum Gasteiger partial charge on any atom is 0.338 e. The van der Waals surface area contributed by atoms with E-state index in [1.54, 1.807) is 19.1 Å². The number of thiazole rings is 1. The third-order valence-electron chi connectivity index (χ3n) is 4.13. The Bertz CT molecular complexity index is 1080. The monoisotopic (exact) mass is 368 g/mol. The van der Waals surface area contributed by atoms with Crippen LogP contribution in [0.5, 0.6) is 0 Å². The summed E-state index contributed by atoms with van der Waals surface area (Å²) in [5.74, 6) is -0.620. The minimum absolute atomic E-state index is 0.268. The largest absolute Gasteiger partial charge is 0.462 e. The van der Waals surface area contributed by atoms with E-state index in [0.29, 0.717) is 22.5 Å². The summed E-state index contributed by atoms with van der Waals surface area (Å²) in [5.41, 5.74) is 4.02. The number of aromatic nitrogens is 1. The van der Waals surface area contributed by atoms with Gasteiger partial charge in [0, 0.05) is 12.6 Å². The summed E-state index contributed by atoms with van der Waals surface area (Å²) < 4.78 is 7.78. The van der Waals surface area contributed by atoms with Crippen LogP contribution in [0, 0.1) is 13.8 Å². The Morgan fingerprint density at radius 3 is 2.62 bits per heavy atom. The van der Waals surface area contributed by atoms with Crippen LogP contribution in [0.4, 0.5) is 0 Å². The number of carbonyl (C=O) groups is 2. The minimum Gasteiger partial charge on any atom is -0.462 e. The van der Waals surface area contributed by atoms with E-state index in [1.807, 2.05) is 49.7 Å². The first kappa shape index (κ1) is 18.1. The van der Waals surface area contributed by atoms with E-state index >= 15 is 0 Å². The zero-order valence-electron chi connectivity index (χ0n) is 15.2. The minimum atomic E-state index is -0.352. The van der Waals surface area contributed by atoms with Crippen molar-refractivity contribution in [3.05, 3.63) is 63.5 Å². The number of carbonyl (C=O) groups excluding carboxylic acids is 2. The molecule has 0 atom stereocenters. The molecule has 6 heteroatoms. The van der Waals surface area contributed by atoms with Gasteiger partial charge in [-0.1, -0.05) is 29.0 Å². The van der Waals surface area contributed by atoms with E-state index in [-0.39, 0.29) is 11.9 Å².